The smallest absolute Gasteiger partial charge is 0.369 e. The van der Waals surface area contributed by atoms with E-state index >= 15 is 0 Å². The van der Waals surface area contributed by atoms with Crippen LogP contribution in [0.15, 0.2) is 59.8 Å². The molecule has 0 amide bonds. The molecule has 2 aromatic carbocycles. The van der Waals surface area contributed by atoms with Crippen LogP contribution in [0.5, 0.6) is 0 Å². The summed E-state index contributed by atoms with van der Waals surface area (Å²) in [5.41, 5.74) is 8.54. The molecule has 0 spiro atoms. The highest BCUT2D eigenvalue weighted by Crippen LogP contribution is 2.19. The monoisotopic (exact) mass is 352 g/mol. The molecule has 132 valence electrons. The first-order valence-corrected chi connectivity index (χ1v) is 7.89. The Morgan fingerprint density at radius 3 is 2.42 bits per heavy atom. The minimum atomic E-state index is -0.660. The van der Waals surface area contributed by atoms with Gasteiger partial charge < -0.3 is 10.6 Å². The van der Waals surface area contributed by atoms with Gasteiger partial charge in [-0.1, -0.05) is 23.4 Å². The molecule has 0 saturated heterocycles. The van der Waals surface area contributed by atoms with Gasteiger partial charge in [-0.2, -0.15) is 5.10 Å². The van der Waals surface area contributed by atoms with Gasteiger partial charge in [-0.15, -0.1) is 0 Å². The first-order valence-electron chi connectivity index (χ1n) is 7.89. The topological polar surface area (TPSA) is 82.5 Å². The molecule has 0 aliphatic carbocycles. The van der Waals surface area contributed by atoms with E-state index in [0.717, 1.165) is 5.69 Å². The van der Waals surface area contributed by atoms with Gasteiger partial charge in [-0.3, -0.25) is 0 Å². The third-order valence-corrected chi connectivity index (χ3v) is 3.86. The normalized spacial score (nSPS) is 11.4. The number of nitrogens with two attached hydrogens (primary N) is 1. The quantitative estimate of drug-likeness (QED) is 0.338. The molecule has 0 saturated carbocycles. The summed E-state index contributed by atoms with van der Waals surface area (Å²) in [4.78, 5) is 17.4. The van der Waals surface area contributed by atoms with Crippen LogP contribution in [0.25, 0.3) is 5.69 Å². The van der Waals surface area contributed by atoms with E-state index in [-0.39, 0.29) is 5.84 Å². The van der Waals surface area contributed by atoms with Gasteiger partial charge in [0.1, 0.15) is 11.4 Å². The van der Waals surface area contributed by atoms with Gasteiger partial charge in [-0.25, -0.2) is 13.9 Å². The molecule has 0 aliphatic heterocycles. The Labute approximate surface area is 149 Å². The van der Waals surface area contributed by atoms with E-state index in [2.05, 4.69) is 10.3 Å². The number of aromatic nitrogens is 2. The van der Waals surface area contributed by atoms with Gasteiger partial charge in [0, 0.05) is 5.56 Å². The maximum Gasteiger partial charge on any atom is 0.369 e. The Hall–Kier alpha value is -3.48. The Balaban J connectivity index is 1.83. The number of carbonyl (C=O) groups excluding carboxylic acids is 1. The highest BCUT2D eigenvalue weighted by Gasteiger charge is 2.21. The van der Waals surface area contributed by atoms with E-state index in [1.807, 2.05) is 30.3 Å². The van der Waals surface area contributed by atoms with Crippen molar-refractivity contribution in [3.05, 3.63) is 82.9 Å². The molecule has 2 N–H and O–H groups in total. The van der Waals surface area contributed by atoms with Crippen molar-refractivity contribution in [2.45, 2.75) is 13.8 Å². The first-order chi connectivity index (χ1) is 12.5. The molecule has 0 unspecified atom stereocenters. The third kappa shape index (κ3) is 3.46. The minimum Gasteiger partial charge on any atom is -0.380 e. The van der Waals surface area contributed by atoms with Crippen LogP contribution in [0.2, 0.25) is 0 Å². The summed E-state index contributed by atoms with van der Waals surface area (Å²) in [6, 6.07) is 14.8. The van der Waals surface area contributed by atoms with Crippen molar-refractivity contribution in [3.8, 4) is 5.69 Å². The number of halogens is 1. The fraction of sp³-hybridized carbons (Fsp3) is 0.105. The lowest BCUT2D eigenvalue weighted by atomic mass is 10.2. The number of amidine groups is 1. The standard InChI is InChI=1S/C19H17FN4O2/c1-12-17(13(2)24(22-12)16-6-4-3-5-7-16)19(25)26-23-18(21)14-8-10-15(20)11-9-14/h3-11H,1-2H3,(H2,21,23). The fourth-order valence-electron chi connectivity index (χ4n) is 2.57. The second-order valence-electron chi connectivity index (χ2n) is 5.66. The number of aryl methyl sites for hydroxylation is 1. The lowest BCUT2D eigenvalue weighted by molar-refractivity contribution is 0.0514. The summed E-state index contributed by atoms with van der Waals surface area (Å²) in [7, 11) is 0. The van der Waals surface area contributed by atoms with Gasteiger partial charge in [-0.05, 0) is 50.2 Å². The predicted molar refractivity (Wildman–Crippen MR) is 95.6 cm³/mol. The molecular formula is C19H17FN4O2. The minimum absolute atomic E-state index is 0.0240. The molecule has 6 nitrogen and oxygen atoms in total. The maximum absolute atomic E-state index is 12.9. The van der Waals surface area contributed by atoms with Gasteiger partial charge in [0.15, 0.2) is 5.84 Å². The number of rotatable bonds is 4. The van der Waals surface area contributed by atoms with Crippen molar-refractivity contribution in [1.29, 1.82) is 0 Å². The van der Waals surface area contributed by atoms with E-state index in [0.29, 0.717) is 22.5 Å². The number of oxime groups is 1. The molecule has 0 aliphatic rings. The van der Waals surface area contributed by atoms with Crippen LogP contribution < -0.4 is 5.73 Å². The van der Waals surface area contributed by atoms with Gasteiger partial charge in [0.25, 0.3) is 0 Å². The van der Waals surface area contributed by atoms with Crippen molar-refractivity contribution < 1.29 is 14.0 Å². The van der Waals surface area contributed by atoms with E-state index in [1.165, 1.54) is 24.3 Å². The van der Waals surface area contributed by atoms with Crippen molar-refractivity contribution >= 4 is 11.8 Å². The highest BCUT2D eigenvalue weighted by molar-refractivity contribution is 5.98. The third-order valence-electron chi connectivity index (χ3n) is 3.86. The maximum atomic E-state index is 12.9. The Morgan fingerprint density at radius 2 is 1.77 bits per heavy atom. The highest BCUT2D eigenvalue weighted by atomic mass is 19.1. The SMILES string of the molecule is Cc1nn(-c2ccccc2)c(C)c1C(=O)O/N=C(\N)c1ccc(F)cc1. The second kappa shape index (κ2) is 7.18. The van der Waals surface area contributed by atoms with Crippen molar-refractivity contribution in [2.24, 2.45) is 10.9 Å². The van der Waals surface area contributed by atoms with Crippen molar-refractivity contribution in [3.63, 3.8) is 0 Å². The zero-order valence-electron chi connectivity index (χ0n) is 14.3. The molecule has 0 fully saturated rings. The average molecular weight is 352 g/mol. The zero-order chi connectivity index (χ0) is 18.7. The number of hydrogen-bond donors (Lipinski definition) is 1. The van der Waals surface area contributed by atoms with E-state index in [4.69, 9.17) is 10.6 Å². The summed E-state index contributed by atoms with van der Waals surface area (Å²) >= 11 is 0. The molecule has 26 heavy (non-hydrogen) atoms. The largest absolute Gasteiger partial charge is 0.380 e. The first kappa shape index (κ1) is 17.3. The van der Waals surface area contributed by atoms with Crippen LogP contribution >= 0.6 is 0 Å². The summed E-state index contributed by atoms with van der Waals surface area (Å²) < 4.78 is 14.6. The number of para-hydroxylation sites is 1. The van der Waals surface area contributed by atoms with Crippen molar-refractivity contribution in [1.82, 2.24) is 9.78 Å². The van der Waals surface area contributed by atoms with Gasteiger partial charge in [0.05, 0.1) is 17.1 Å². The lowest BCUT2D eigenvalue weighted by Gasteiger charge is -2.04. The Morgan fingerprint density at radius 1 is 1.12 bits per heavy atom. The second-order valence-corrected chi connectivity index (χ2v) is 5.66. The van der Waals surface area contributed by atoms with Crippen LogP contribution in [0.1, 0.15) is 27.3 Å². The van der Waals surface area contributed by atoms with E-state index in [1.54, 1.807) is 18.5 Å². The number of benzene rings is 2. The Kier molecular flexibility index (Phi) is 4.79. The molecule has 0 atom stereocenters. The lowest BCUT2D eigenvalue weighted by Crippen LogP contribution is -2.15. The fourth-order valence-corrected chi connectivity index (χ4v) is 2.57. The van der Waals surface area contributed by atoms with Crippen LogP contribution in [0, 0.1) is 19.7 Å². The molecule has 0 bridgehead atoms. The zero-order valence-corrected chi connectivity index (χ0v) is 14.3. The molecule has 1 aromatic heterocycles. The molecule has 3 rings (SSSR count). The summed E-state index contributed by atoms with van der Waals surface area (Å²) in [6.07, 6.45) is 0. The molecule has 3 aromatic rings. The summed E-state index contributed by atoms with van der Waals surface area (Å²) in [5.74, 6) is -1.07. The number of carbonyl (C=O) groups is 1. The predicted octanol–water partition coefficient (Wildman–Crippen LogP) is 3.11. The van der Waals surface area contributed by atoms with Crippen LogP contribution in [0.3, 0.4) is 0 Å². The van der Waals surface area contributed by atoms with Gasteiger partial charge in [0.2, 0.25) is 0 Å². The summed E-state index contributed by atoms with van der Waals surface area (Å²) in [6.45, 7) is 3.49. The molecule has 7 heteroatoms. The average Bonchev–Trinajstić information content (AvgIpc) is 2.95. The summed E-state index contributed by atoms with van der Waals surface area (Å²) in [5, 5.41) is 8.04. The van der Waals surface area contributed by atoms with E-state index in [9.17, 15) is 9.18 Å². The van der Waals surface area contributed by atoms with Crippen molar-refractivity contribution in [2.75, 3.05) is 0 Å². The number of nitrogens with zero attached hydrogens (tertiary/aromatic N) is 3. The Bertz CT molecular complexity index is 963. The van der Waals surface area contributed by atoms with Crippen LogP contribution in [-0.2, 0) is 4.84 Å². The molecule has 1 heterocycles. The van der Waals surface area contributed by atoms with Crippen LogP contribution in [0.4, 0.5) is 4.39 Å². The molecular weight excluding hydrogens is 335 g/mol. The molecule has 0 radical (unpaired) electrons. The van der Waals surface area contributed by atoms with E-state index < -0.39 is 11.8 Å². The van der Waals surface area contributed by atoms with Crippen LogP contribution in [-0.4, -0.2) is 21.6 Å². The number of hydrogen-bond acceptors (Lipinski definition) is 4. The van der Waals surface area contributed by atoms with Gasteiger partial charge >= 0.3 is 5.97 Å².